The van der Waals surface area contributed by atoms with Crippen molar-refractivity contribution in [2.45, 2.75) is 32.7 Å². The van der Waals surface area contributed by atoms with Gasteiger partial charge in [0.05, 0.1) is 12.6 Å². The first-order valence-electron chi connectivity index (χ1n) is 9.82. The monoisotopic (exact) mass is 391 g/mol. The first-order chi connectivity index (χ1) is 13.9. The molecule has 0 fully saturated rings. The largest absolute Gasteiger partial charge is 0.507 e. The van der Waals surface area contributed by atoms with E-state index in [1.807, 2.05) is 31.2 Å². The number of H-pyrrole nitrogens is 1. The lowest BCUT2D eigenvalue weighted by Crippen LogP contribution is -2.32. The van der Waals surface area contributed by atoms with Crippen molar-refractivity contribution in [3.05, 3.63) is 70.4 Å². The maximum absolute atomic E-state index is 13.0. The number of hydrogen-bond acceptors (Lipinski definition) is 4. The Balaban J connectivity index is 1.88. The molecule has 3 N–H and O–H groups in total. The van der Waals surface area contributed by atoms with Crippen LogP contribution in [0.3, 0.4) is 0 Å². The summed E-state index contributed by atoms with van der Waals surface area (Å²) in [4.78, 5) is 14.7. The minimum atomic E-state index is -0.375. The van der Waals surface area contributed by atoms with Gasteiger partial charge in [0.1, 0.15) is 17.1 Å². The van der Waals surface area contributed by atoms with E-state index in [4.69, 9.17) is 0 Å². The summed E-state index contributed by atoms with van der Waals surface area (Å²) < 4.78 is 0. The summed E-state index contributed by atoms with van der Waals surface area (Å²) in [5.74, 6) is 0.330. The van der Waals surface area contributed by atoms with Gasteiger partial charge in [0.2, 0.25) is 0 Å². The standard InChI is InChI=1S/C23H25N3O3/c1-13(2)15-5-7-16(8-6-15)22-19-20(17-12-14(3)4-9-18(17)28)24-25-21(19)23(29)26(22)10-11-27/h4-9,12-13,22,27-28H,10-11H2,1-3H3,(H,24,25)/t22-/m0/s1. The predicted octanol–water partition coefficient (Wildman–Crippen LogP) is 3.75. The van der Waals surface area contributed by atoms with Crippen molar-refractivity contribution < 1.29 is 15.0 Å². The lowest BCUT2D eigenvalue weighted by molar-refractivity contribution is 0.0706. The molecule has 1 aliphatic heterocycles. The Bertz CT molecular complexity index is 1050. The number of fused-ring (bicyclic) bond motifs is 1. The second-order valence-electron chi connectivity index (χ2n) is 7.83. The van der Waals surface area contributed by atoms with Crippen LogP contribution in [0.1, 0.15) is 58.5 Å². The highest BCUT2D eigenvalue weighted by atomic mass is 16.3. The minimum Gasteiger partial charge on any atom is -0.507 e. The fourth-order valence-electron chi connectivity index (χ4n) is 3.99. The number of aryl methyl sites for hydroxylation is 1. The Morgan fingerprint density at radius 3 is 2.55 bits per heavy atom. The molecule has 0 radical (unpaired) electrons. The molecule has 6 heteroatoms. The third kappa shape index (κ3) is 3.19. The van der Waals surface area contributed by atoms with E-state index < -0.39 is 0 Å². The number of phenolic OH excluding ortho intramolecular Hbond substituents is 1. The zero-order chi connectivity index (χ0) is 20.7. The second-order valence-corrected chi connectivity index (χ2v) is 7.83. The zero-order valence-electron chi connectivity index (χ0n) is 16.8. The maximum atomic E-state index is 13.0. The predicted molar refractivity (Wildman–Crippen MR) is 111 cm³/mol. The molecule has 0 saturated carbocycles. The zero-order valence-corrected chi connectivity index (χ0v) is 16.8. The van der Waals surface area contributed by atoms with E-state index in [9.17, 15) is 15.0 Å². The number of aromatic amines is 1. The van der Waals surface area contributed by atoms with Crippen molar-refractivity contribution in [2.24, 2.45) is 0 Å². The van der Waals surface area contributed by atoms with Gasteiger partial charge in [-0.05, 0) is 36.1 Å². The van der Waals surface area contributed by atoms with E-state index in [0.29, 0.717) is 22.9 Å². The summed E-state index contributed by atoms with van der Waals surface area (Å²) in [5, 5.41) is 27.2. The number of nitrogens with zero attached hydrogens (tertiary/aromatic N) is 2. The van der Waals surface area contributed by atoms with Crippen molar-refractivity contribution in [3.63, 3.8) is 0 Å². The summed E-state index contributed by atoms with van der Waals surface area (Å²) in [6, 6.07) is 13.2. The molecule has 1 aliphatic rings. The molecule has 3 aromatic rings. The molecule has 1 amide bonds. The smallest absolute Gasteiger partial charge is 0.273 e. The SMILES string of the molecule is Cc1ccc(O)c(-c2n[nH]c3c2[C@H](c2ccc(C(C)C)cc2)N(CCO)C3=O)c1. The van der Waals surface area contributed by atoms with Crippen molar-refractivity contribution >= 4 is 5.91 Å². The number of amides is 1. The number of hydrogen-bond donors (Lipinski definition) is 3. The van der Waals surface area contributed by atoms with Gasteiger partial charge in [0.15, 0.2) is 0 Å². The topological polar surface area (TPSA) is 89.5 Å². The van der Waals surface area contributed by atoms with Gasteiger partial charge in [-0.25, -0.2) is 0 Å². The van der Waals surface area contributed by atoms with E-state index >= 15 is 0 Å². The van der Waals surface area contributed by atoms with Crippen molar-refractivity contribution in [3.8, 4) is 17.0 Å². The van der Waals surface area contributed by atoms with Crippen LogP contribution in [0.2, 0.25) is 0 Å². The third-order valence-electron chi connectivity index (χ3n) is 5.53. The van der Waals surface area contributed by atoms with Crippen LogP contribution in [0.5, 0.6) is 5.75 Å². The number of aromatic hydroxyl groups is 1. The van der Waals surface area contributed by atoms with Crippen LogP contribution in [0.15, 0.2) is 42.5 Å². The van der Waals surface area contributed by atoms with Crippen molar-refractivity contribution in [1.82, 2.24) is 15.1 Å². The van der Waals surface area contributed by atoms with Crippen LogP contribution in [-0.2, 0) is 0 Å². The number of rotatable bonds is 5. The fourth-order valence-corrected chi connectivity index (χ4v) is 3.99. The van der Waals surface area contributed by atoms with E-state index in [1.54, 1.807) is 11.0 Å². The van der Waals surface area contributed by atoms with Gasteiger partial charge in [-0.1, -0.05) is 49.7 Å². The number of aliphatic hydroxyl groups excluding tert-OH is 1. The summed E-state index contributed by atoms with van der Waals surface area (Å²) >= 11 is 0. The van der Waals surface area contributed by atoms with E-state index in [-0.39, 0.29) is 30.9 Å². The van der Waals surface area contributed by atoms with Crippen molar-refractivity contribution in [1.29, 1.82) is 0 Å². The summed E-state index contributed by atoms with van der Waals surface area (Å²) in [6.07, 6.45) is 0. The molecule has 4 rings (SSSR count). The van der Waals surface area contributed by atoms with E-state index in [1.165, 1.54) is 5.56 Å². The Labute approximate surface area is 169 Å². The first kappa shape index (κ1) is 19.2. The third-order valence-corrected chi connectivity index (χ3v) is 5.53. The number of carbonyl (C=O) groups excluding carboxylic acids is 1. The molecular weight excluding hydrogens is 366 g/mol. The molecule has 1 aromatic heterocycles. The maximum Gasteiger partial charge on any atom is 0.273 e. The molecule has 0 bridgehead atoms. The van der Waals surface area contributed by atoms with Gasteiger partial charge < -0.3 is 15.1 Å². The van der Waals surface area contributed by atoms with Gasteiger partial charge in [-0.2, -0.15) is 5.10 Å². The van der Waals surface area contributed by atoms with Gasteiger partial charge in [0, 0.05) is 17.7 Å². The first-order valence-corrected chi connectivity index (χ1v) is 9.82. The highest BCUT2D eigenvalue weighted by Crippen LogP contribution is 2.44. The molecular formula is C23H25N3O3. The van der Waals surface area contributed by atoms with Gasteiger partial charge in [0.25, 0.3) is 5.91 Å². The lowest BCUT2D eigenvalue weighted by Gasteiger charge is -2.26. The Kier molecular flexibility index (Phi) is 4.88. The fraction of sp³-hybridized carbons (Fsp3) is 0.304. The number of phenols is 1. The van der Waals surface area contributed by atoms with Gasteiger partial charge in [-0.3, -0.25) is 9.89 Å². The number of aliphatic hydroxyl groups is 1. The molecule has 29 heavy (non-hydrogen) atoms. The number of benzene rings is 2. The van der Waals surface area contributed by atoms with Crippen LogP contribution < -0.4 is 0 Å². The van der Waals surface area contributed by atoms with E-state index in [0.717, 1.165) is 16.7 Å². The molecule has 2 aromatic carbocycles. The molecule has 1 atom stereocenters. The molecule has 150 valence electrons. The number of aromatic nitrogens is 2. The Morgan fingerprint density at radius 2 is 1.90 bits per heavy atom. The molecule has 0 aliphatic carbocycles. The van der Waals surface area contributed by atoms with Crippen LogP contribution in [0.25, 0.3) is 11.3 Å². The minimum absolute atomic E-state index is 0.117. The van der Waals surface area contributed by atoms with Gasteiger partial charge >= 0.3 is 0 Å². The average Bonchev–Trinajstić information content (AvgIpc) is 3.24. The Hall–Kier alpha value is -3.12. The van der Waals surface area contributed by atoms with Crippen LogP contribution >= 0.6 is 0 Å². The van der Waals surface area contributed by atoms with Crippen LogP contribution in [0.4, 0.5) is 0 Å². The van der Waals surface area contributed by atoms with Gasteiger partial charge in [-0.15, -0.1) is 0 Å². The molecule has 0 saturated heterocycles. The summed E-state index contributed by atoms with van der Waals surface area (Å²) in [5.41, 5.74) is 5.45. The Morgan fingerprint density at radius 1 is 1.17 bits per heavy atom. The summed E-state index contributed by atoms with van der Waals surface area (Å²) in [7, 11) is 0. The normalized spacial score (nSPS) is 16.0. The average molecular weight is 391 g/mol. The van der Waals surface area contributed by atoms with Crippen molar-refractivity contribution in [2.75, 3.05) is 13.2 Å². The number of carbonyl (C=O) groups is 1. The molecule has 2 heterocycles. The summed E-state index contributed by atoms with van der Waals surface area (Å²) in [6.45, 7) is 6.31. The molecule has 0 spiro atoms. The van der Waals surface area contributed by atoms with E-state index in [2.05, 4.69) is 36.2 Å². The van der Waals surface area contributed by atoms with Crippen LogP contribution in [0, 0.1) is 6.92 Å². The second kappa shape index (κ2) is 7.37. The molecule has 0 unspecified atom stereocenters. The molecule has 6 nitrogen and oxygen atoms in total. The number of β-amino-alcohol motifs (C(OH)–C–C–N with tert-alkyl or cyclic N) is 1. The lowest BCUT2D eigenvalue weighted by atomic mass is 9.93. The van der Waals surface area contributed by atoms with Crippen LogP contribution in [-0.4, -0.2) is 44.4 Å². The quantitative estimate of drug-likeness (QED) is 0.618. The number of nitrogens with one attached hydrogen (secondary N) is 1. The highest BCUT2D eigenvalue weighted by Gasteiger charge is 2.42. The highest BCUT2D eigenvalue weighted by molar-refractivity contribution is 6.00.